The summed E-state index contributed by atoms with van der Waals surface area (Å²) in [5.74, 6) is 0.0583. The van der Waals surface area contributed by atoms with Gasteiger partial charge in [-0.25, -0.2) is 0 Å². The van der Waals surface area contributed by atoms with Crippen LogP contribution in [0.25, 0.3) is 0 Å². The molecule has 2 saturated heterocycles. The van der Waals surface area contributed by atoms with Crippen LogP contribution in [-0.2, 0) is 9.53 Å². The lowest BCUT2D eigenvalue weighted by Crippen LogP contribution is -2.33. The van der Waals surface area contributed by atoms with Gasteiger partial charge in [-0.2, -0.15) is 0 Å². The van der Waals surface area contributed by atoms with Crippen LogP contribution < -0.4 is 0 Å². The van der Waals surface area contributed by atoms with Gasteiger partial charge >= 0.3 is 0 Å². The van der Waals surface area contributed by atoms with E-state index in [0.717, 1.165) is 19.4 Å². The van der Waals surface area contributed by atoms with Crippen molar-refractivity contribution in [2.45, 2.75) is 31.5 Å². The molecule has 2 fully saturated rings. The molecule has 74 valence electrons. The highest BCUT2D eigenvalue weighted by atomic mass is 16.5. The minimum absolute atomic E-state index is 0.0583. The first-order valence-electron chi connectivity index (χ1n) is 4.83. The number of aliphatic hydroxyl groups is 1. The Morgan fingerprint density at radius 1 is 1.62 bits per heavy atom. The van der Waals surface area contributed by atoms with Gasteiger partial charge in [0.05, 0.1) is 18.6 Å². The summed E-state index contributed by atoms with van der Waals surface area (Å²) in [6, 6.07) is 0. The Kier molecular flexibility index (Phi) is 2.51. The van der Waals surface area contributed by atoms with Crippen LogP contribution in [0.4, 0.5) is 0 Å². The van der Waals surface area contributed by atoms with Gasteiger partial charge in [-0.15, -0.1) is 0 Å². The summed E-state index contributed by atoms with van der Waals surface area (Å²) < 4.78 is 5.42. The first-order valence-corrected chi connectivity index (χ1v) is 4.83. The summed E-state index contributed by atoms with van der Waals surface area (Å²) in [7, 11) is 0. The standard InChI is InChI=1S/C9H15NO3/c11-7-4-9(12)10(5-7)6-8-2-1-3-13-8/h7-8,11H,1-6H2. The molecule has 0 bridgehead atoms. The molecule has 0 saturated carbocycles. The maximum Gasteiger partial charge on any atom is 0.225 e. The van der Waals surface area contributed by atoms with Crippen LogP contribution in [0.1, 0.15) is 19.3 Å². The Balaban J connectivity index is 1.83. The van der Waals surface area contributed by atoms with Crippen LogP contribution in [0.5, 0.6) is 0 Å². The Labute approximate surface area is 77.5 Å². The van der Waals surface area contributed by atoms with Crippen molar-refractivity contribution in [2.24, 2.45) is 0 Å². The molecule has 2 aliphatic rings. The van der Waals surface area contributed by atoms with Crippen molar-refractivity contribution in [3.8, 4) is 0 Å². The lowest BCUT2D eigenvalue weighted by atomic mass is 10.2. The zero-order valence-corrected chi connectivity index (χ0v) is 7.61. The van der Waals surface area contributed by atoms with E-state index in [1.807, 2.05) is 0 Å². The van der Waals surface area contributed by atoms with E-state index < -0.39 is 6.10 Å². The number of nitrogens with zero attached hydrogens (tertiary/aromatic N) is 1. The predicted octanol–water partition coefficient (Wildman–Crippen LogP) is -0.241. The Hall–Kier alpha value is -0.610. The number of ether oxygens (including phenoxy) is 1. The molecular formula is C9H15NO3. The molecule has 4 nitrogen and oxygen atoms in total. The Bertz CT molecular complexity index is 201. The Morgan fingerprint density at radius 2 is 2.46 bits per heavy atom. The van der Waals surface area contributed by atoms with Crippen LogP contribution in [0, 0.1) is 0 Å². The third kappa shape index (κ3) is 2.00. The number of aliphatic hydroxyl groups excluding tert-OH is 1. The van der Waals surface area contributed by atoms with Crippen LogP contribution in [0.15, 0.2) is 0 Å². The third-order valence-corrected chi connectivity index (χ3v) is 2.64. The number of β-amino-alcohol motifs (C(OH)–C–C–N with tert-alkyl or cyclic N) is 1. The quantitative estimate of drug-likeness (QED) is 0.646. The average molecular weight is 185 g/mol. The molecule has 13 heavy (non-hydrogen) atoms. The van der Waals surface area contributed by atoms with Crippen molar-refractivity contribution in [2.75, 3.05) is 19.7 Å². The molecule has 1 amide bonds. The lowest BCUT2D eigenvalue weighted by molar-refractivity contribution is -0.129. The van der Waals surface area contributed by atoms with Gasteiger partial charge in [0.25, 0.3) is 0 Å². The number of carbonyl (C=O) groups is 1. The normalized spacial score (nSPS) is 34.5. The van der Waals surface area contributed by atoms with E-state index in [2.05, 4.69) is 0 Å². The number of carbonyl (C=O) groups excluding carboxylic acids is 1. The molecule has 2 aliphatic heterocycles. The maximum atomic E-state index is 11.3. The van der Waals surface area contributed by atoms with E-state index in [1.165, 1.54) is 0 Å². The van der Waals surface area contributed by atoms with Crippen molar-refractivity contribution in [1.29, 1.82) is 0 Å². The first-order chi connectivity index (χ1) is 6.25. The summed E-state index contributed by atoms with van der Waals surface area (Å²) in [5.41, 5.74) is 0. The fourth-order valence-corrected chi connectivity index (χ4v) is 1.96. The molecule has 0 aromatic rings. The van der Waals surface area contributed by atoms with Crippen LogP contribution in [-0.4, -0.2) is 47.8 Å². The van der Waals surface area contributed by atoms with Gasteiger partial charge in [-0.05, 0) is 12.8 Å². The van der Waals surface area contributed by atoms with E-state index in [9.17, 15) is 9.90 Å². The molecule has 0 aliphatic carbocycles. The summed E-state index contributed by atoms with van der Waals surface area (Å²) in [6.45, 7) is 1.96. The predicted molar refractivity (Wildman–Crippen MR) is 46.2 cm³/mol. The second-order valence-corrected chi connectivity index (χ2v) is 3.79. The fourth-order valence-electron chi connectivity index (χ4n) is 1.96. The molecule has 1 N–H and O–H groups in total. The molecule has 0 aromatic heterocycles. The van der Waals surface area contributed by atoms with Crippen LogP contribution in [0.3, 0.4) is 0 Å². The summed E-state index contributed by atoms with van der Waals surface area (Å²) >= 11 is 0. The first kappa shape index (κ1) is 8.97. The number of amides is 1. The molecule has 2 rings (SSSR count). The number of hydrogen-bond acceptors (Lipinski definition) is 3. The molecule has 2 atom stereocenters. The van der Waals surface area contributed by atoms with Gasteiger partial charge in [-0.1, -0.05) is 0 Å². The van der Waals surface area contributed by atoms with E-state index >= 15 is 0 Å². The average Bonchev–Trinajstić information content (AvgIpc) is 2.63. The highest BCUT2D eigenvalue weighted by Crippen LogP contribution is 2.17. The number of likely N-dealkylation sites (tertiary alicyclic amines) is 1. The van der Waals surface area contributed by atoms with Gasteiger partial charge in [-0.3, -0.25) is 4.79 Å². The molecule has 0 radical (unpaired) electrons. The zero-order valence-electron chi connectivity index (χ0n) is 7.61. The molecule has 4 heteroatoms. The third-order valence-electron chi connectivity index (χ3n) is 2.64. The van der Waals surface area contributed by atoms with Crippen LogP contribution >= 0.6 is 0 Å². The van der Waals surface area contributed by atoms with Crippen molar-refractivity contribution in [3.63, 3.8) is 0 Å². The largest absolute Gasteiger partial charge is 0.391 e. The van der Waals surface area contributed by atoms with Gasteiger partial charge in [0.2, 0.25) is 5.91 Å². The van der Waals surface area contributed by atoms with Crippen molar-refractivity contribution in [1.82, 2.24) is 4.90 Å². The zero-order chi connectivity index (χ0) is 9.26. The monoisotopic (exact) mass is 185 g/mol. The van der Waals surface area contributed by atoms with Gasteiger partial charge in [0.15, 0.2) is 0 Å². The van der Waals surface area contributed by atoms with E-state index in [4.69, 9.17) is 4.74 Å². The molecule has 0 aromatic carbocycles. The SMILES string of the molecule is O=C1CC(O)CN1CC1CCCO1. The smallest absolute Gasteiger partial charge is 0.225 e. The summed E-state index contributed by atoms with van der Waals surface area (Å²) in [6.07, 6.45) is 2.16. The van der Waals surface area contributed by atoms with Crippen molar-refractivity contribution in [3.05, 3.63) is 0 Å². The van der Waals surface area contributed by atoms with Crippen molar-refractivity contribution >= 4 is 5.91 Å². The second kappa shape index (κ2) is 3.64. The minimum atomic E-state index is -0.464. The summed E-state index contributed by atoms with van der Waals surface area (Å²) in [5, 5.41) is 9.24. The van der Waals surface area contributed by atoms with E-state index in [1.54, 1.807) is 4.90 Å². The van der Waals surface area contributed by atoms with E-state index in [0.29, 0.717) is 13.1 Å². The molecular weight excluding hydrogens is 170 g/mol. The second-order valence-electron chi connectivity index (χ2n) is 3.79. The number of hydrogen-bond donors (Lipinski definition) is 1. The van der Waals surface area contributed by atoms with E-state index in [-0.39, 0.29) is 18.4 Å². The van der Waals surface area contributed by atoms with Crippen molar-refractivity contribution < 1.29 is 14.6 Å². The topological polar surface area (TPSA) is 49.8 Å². The number of rotatable bonds is 2. The summed E-state index contributed by atoms with van der Waals surface area (Å²) in [4.78, 5) is 13.0. The Morgan fingerprint density at radius 3 is 3.00 bits per heavy atom. The van der Waals surface area contributed by atoms with Crippen LogP contribution in [0.2, 0.25) is 0 Å². The highest BCUT2D eigenvalue weighted by Gasteiger charge is 2.30. The highest BCUT2D eigenvalue weighted by molar-refractivity contribution is 5.79. The molecule has 0 spiro atoms. The molecule has 2 unspecified atom stereocenters. The lowest BCUT2D eigenvalue weighted by Gasteiger charge is -2.19. The molecule has 2 heterocycles. The van der Waals surface area contributed by atoms with Gasteiger partial charge < -0.3 is 14.7 Å². The minimum Gasteiger partial charge on any atom is -0.391 e. The van der Waals surface area contributed by atoms with Gasteiger partial charge in [0, 0.05) is 19.7 Å². The fraction of sp³-hybridized carbons (Fsp3) is 0.889. The maximum absolute atomic E-state index is 11.3. The van der Waals surface area contributed by atoms with Gasteiger partial charge in [0.1, 0.15) is 0 Å².